The molecule has 0 bridgehead atoms. The standard InChI is InChI=1S/C16H15BrClNO2/c1-2-21-10-11-5-3-4-6-15(11)19-16(20)12-7-13(17)9-14(18)8-12/h3-9H,2,10H2,1H3,(H,19,20). The molecule has 2 aromatic carbocycles. The lowest BCUT2D eigenvalue weighted by molar-refractivity contribution is 0.102. The smallest absolute Gasteiger partial charge is 0.255 e. The fourth-order valence-corrected chi connectivity index (χ4v) is 2.72. The molecule has 1 amide bonds. The second-order valence-electron chi connectivity index (χ2n) is 4.41. The van der Waals surface area contributed by atoms with Crippen LogP contribution in [0.2, 0.25) is 5.02 Å². The molecule has 0 aliphatic rings. The molecule has 0 aliphatic carbocycles. The molecular formula is C16H15BrClNO2. The molecule has 0 heterocycles. The number of nitrogens with one attached hydrogen (secondary N) is 1. The van der Waals surface area contributed by atoms with Gasteiger partial charge < -0.3 is 10.1 Å². The maximum atomic E-state index is 12.3. The summed E-state index contributed by atoms with van der Waals surface area (Å²) in [7, 11) is 0. The van der Waals surface area contributed by atoms with Crippen molar-refractivity contribution in [2.75, 3.05) is 11.9 Å². The van der Waals surface area contributed by atoms with Gasteiger partial charge in [0.05, 0.1) is 6.61 Å². The molecule has 0 spiro atoms. The van der Waals surface area contributed by atoms with Crippen molar-refractivity contribution in [3.8, 4) is 0 Å². The largest absolute Gasteiger partial charge is 0.377 e. The number of amides is 1. The Kier molecular flexibility index (Phi) is 5.79. The van der Waals surface area contributed by atoms with Crippen molar-refractivity contribution < 1.29 is 9.53 Å². The van der Waals surface area contributed by atoms with Crippen molar-refractivity contribution in [3.05, 3.63) is 63.1 Å². The molecule has 3 nitrogen and oxygen atoms in total. The maximum absolute atomic E-state index is 12.3. The van der Waals surface area contributed by atoms with E-state index in [0.717, 1.165) is 15.7 Å². The Morgan fingerprint density at radius 3 is 2.76 bits per heavy atom. The molecule has 0 aliphatic heterocycles. The van der Waals surface area contributed by atoms with Gasteiger partial charge in [-0.2, -0.15) is 0 Å². The summed E-state index contributed by atoms with van der Waals surface area (Å²) in [5.74, 6) is -0.206. The van der Waals surface area contributed by atoms with E-state index in [0.29, 0.717) is 23.8 Å². The number of carbonyl (C=O) groups excluding carboxylic acids is 1. The molecule has 0 aromatic heterocycles. The molecule has 0 atom stereocenters. The molecule has 5 heteroatoms. The summed E-state index contributed by atoms with van der Waals surface area (Å²) in [5.41, 5.74) is 2.18. The third-order valence-corrected chi connectivity index (χ3v) is 3.53. The van der Waals surface area contributed by atoms with Gasteiger partial charge in [-0.1, -0.05) is 45.7 Å². The van der Waals surface area contributed by atoms with Crippen LogP contribution < -0.4 is 5.32 Å². The van der Waals surface area contributed by atoms with Gasteiger partial charge in [-0.05, 0) is 31.2 Å². The van der Waals surface area contributed by atoms with E-state index in [1.165, 1.54) is 0 Å². The van der Waals surface area contributed by atoms with Crippen molar-refractivity contribution in [2.45, 2.75) is 13.5 Å². The average molecular weight is 369 g/mol. The van der Waals surface area contributed by atoms with Crippen molar-refractivity contribution in [1.82, 2.24) is 0 Å². The van der Waals surface area contributed by atoms with Gasteiger partial charge >= 0.3 is 0 Å². The minimum atomic E-state index is -0.206. The first kappa shape index (κ1) is 16.0. The van der Waals surface area contributed by atoms with Crippen molar-refractivity contribution in [2.24, 2.45) is 0 Å². The zero-order valence-electron chi connectivity index (χ0n) is 11.5. The SMILES string of the molecule is CCOCc1ccccc1NC(=O)c1cc(Cl)cc(Br)c1. The Balaban J connectivity index is 2.19. The van der Waals surface area contributed by atoms with E-state index in [1.54, 1.807) is 18.2 Å². The van der Waals surface area contributed by atoms with Crippen LogP contribution in [0.4, 0.5) is 5.69 Å². The molecular weight excluding hydrogens is 354 g/mol. The minimum absolute atomic E-state index is 0.206. The van der Waals surface area contributed by atoms with Crippen LogP contribution in [0, 0.1) is 0 Å². The Morgan fingerprint density at radius 2 is 2.05 bits per heavy atom. The van der Waals surface area contributed by atoms with Gasteiger partial charge in [0.1, 0.15) is 0 Å². The van der Waals surface area contributed by atoms with E-state index in [4.69, 9.17) is 16.3 Å². The highest BCUT2D eigenvalue weighted by Crippen LogP contribution is 2.22. The van der Waals surface area contributed by atoms with E-state index < -0.39 is 0 Å². The van der Waals surface area contributed by atoms with Crippen molar-refractivity contribution in [1.29, 1.82) is 0 Å². The molecule has 2 aromatic rings. The fourth-order valence-electron chi connectivity index (χ4n) is 1.86. The zero-order chi connectivity index (χ0) is 15.2. The third kappa shape index (κ3) is 4.56. The number of carbonyl (C=O) groups is 1. The van der Waals surface area contributed by atoms with Crippen molar-refractivity contribution in [3.63, 3.8) is 0 Å². The van der Waals surface area contributed by atoms with Gasteiger partial charge in [-0.3, -0.25) is 4.79 Å². The van der Waals surface area contributed by atoms with Crippen LogP contribution in [0.1, 0.15) is 22.8 Å². The fraction of sp³-hybridized carbons (Fsp3) is 0.188. The molecule has 0 unspecified atom stereocenters. The van der Waals surface area contributed by atoms with Crippen LogP contribution in [-0.4, -0.2) is 12.5 Å². The summed E-state index contributed by atoms with van der Waals surface area (Å²) in [6.45, 7) is 3.03. The van der Waals surface area contributed by atoms with Gasteiger partial charge in [0.15, 0.2) is 0 Å². The quantitative estimate of drug-likeness (QED) is 0.816. The molecule has 110 valence electrons. The van der Waals surface area contributed by atoms with E-state index in [9.17, 15) is 4.79 Å². The average Bonchev–Trinajstić information content (AvgIpc) is 2.45. The molecule has 1 N–H and O–H groups in total. The number of benzene rings is 2. The van der Waals surface area contributed by atoms with E-state index >= 15 is 0 Å². The van der Waals surface area contributed by atoms with E-state index in [-0.39, 0.29) is 5.91 Å². The zero-order valence-corrected chi connectivity index (χ0v) is 13.9. The minimum Gasteiger partial charge on any atom is -0.377 e. The third-order valence-electron chi connectivity index (χ3n) is 2.85. The Morgan fingerprint density at radius 1 is 1.29 bits per heavy atom. The van der Waals surface area contributed by atoms with Crippen LogP contribution >= 0.6 is 27.5 Å². The highest BCUT2D eigenvalue weighted by molar-refractivity contribution is 9.10. The monoisotopic (exact) mass is 367 g/mol. The Bertz CT molecular complexity index is 626. The van der Waals surface area contributed by atoms with Crippen LogP contribution in [0.3, 0.4) is 0 Å². The molecule has 0 fully saturated rings. The predicted octanol–water partition coefficient (Wildman–Crippen LogP) is 4.89. The number of halogens is 2. The van der Waals surface area contributed by atoms with Gasteiger partial charge in [-0.25, -0.2) is 0 Å². The van der Waals surface area contributed by atoms with Gasteiger partial charge in [-0.15, -0.1) is 0 Å². The molecule has 0 saturated heterocycles. The van der Waals surface area contributed by atoms with Crippen LogP contribution in [-0.2, 0) is 11.3 Å². The van der Waals surface area contributed by atoms with Crippen molar-refractivity contribution >= 4 is 39.1 Å². The van der Waals surface area contributed by atoms with Crippen LogP contribution in [0.5, 0.6) is 0 Å². The van der Waals surface area contributed by atoms with E-state index in [1.807, 2.05) is 31.2 Å². The lowest BCUT2D eigenvalue weighted by atomic mass is 10.1. The van der Waals surface area contributed by atoms with Crippen LogP contribution in [0.15, 0.2) is 46.9 Å². The normalized spacial score (nSPS) is 10.4. The maximum Gasteiger partial charge on any atom is 0.255 e. The number of para-hydroxylation sites is 1. The second-order valence-corrected chi connectivity index (χ2v) is 5.76. The van der Waals surface area contributed by atoms with E-state index in [2.05, 4.69) is 21.2 Å². The molecule has 21 heavy (non-hydrogen) atoms. The summed E-state index contributed by atoms with van der Waals surface area (Å²) in [5, 5.41) is 3.40. The summed E-state index contributed by atoms with van der Waals surface area (Å²) >= 11 is 9.30. The number of rotatable bonds is 5. The van der Waals surface area contributed by atoms with Gasteiger partial charge in [0.25, 0.3) is 5.91 Å². The van der Waals surface area contributed by atoms with Gasteiger partial charge in [0, 0.05) is 32.9 Å². The molecule has 2 rings (SSSR count). The lowest BCUT2D eigenvalue weighted by Crippen LogP contribution is -2.13. The number of hydrogen-bond acceptors (Lipinski definition) is 2. The lowest BCUT2D eigenvalue weighted by Gasteiger charge is -2.11. The number of hydrogen-bond donors (Lipinski definition) is 1. The first-order valence-corrected chi connectivity index (χ1v) is 7.70. The molecule has 0 radical (unpaired) electrons. The topological polar surface area (TPSA) is 38.3 Å². The number of ether oxygens (including phenoxy) is 1. The predicted molar refractivity (Wildman–Crippen MR) is 88.9 cm³/mol. The summed E-state index contributed by atoms with van der Waals surface area (Å²) in [6.07, 6.45) is 0. The second kappa shape index (κ2) is 7.59. The number of anilines is 1. The highest BCUT2D eigenvalue weighted by atomic mass is 79.9. The summed E-state index contributed by atoms with van der Waals surface area (Å²) in [6, 6.07) is 12.7. The summed E-state index contributed by atoms with van der Waals surface area (Å²) in [4.78, 5) is 12.3. The Labute approximate surface area is 137 Å². The first-order valence-electron chi connectivity index (χ1n) is 6.53. The Hall–Kier alpha value is -1.36. The molecule has 0 saturated carbocycles. The first-order chi connectivity index (χ1) is 10.1. The van der Waals surface area contributed by atoms with Gasteiger partial charge in [0.2, 0.25) is 0 Å². The van der Waals surface area contributed by atoms with Crippen LogP contribution in [0.25, 0.3) is 0 Å². The summed E-state index contributed by atoms with van der Waals surface area (Å²) < 4.78 is 6.17. The highest BCUT2D eigenvalue weighted by Gasteiger charge is 2.10.